The Labute approximate surface area is 251 Å². The van der Waals surface area contributed by atoms with Crippen LogP contribution in [-0.2, 0) is 5.41 Å². The van der Waals surface area contributed by atoms with Crippen LogP contribution in [0.4, 0.5) is 17.1 Å². The number of rotatable bonds is 4. The van der Waals surface area contributed by atoms with E-state index in [0.717, 1.165) is 39.7 Å². The van der Waals surface area contributed by atoms with Crippen molar-refractivity contribution in [1.29, 1.82) is 0 Å². The van der Waals surface area contributed by atoms with E-state index >= 15 is 0 Å². The van der Waals surface area contributed by atoms with Gasteiger partial charge in [0.1, 0.15) is 5.75 Å². The SMILES string of the molecule is CC1(C)c2ccccc2Oc2c(N(c3ccc(-c4ccccc4)cc3)c3cccc4c3Oc3ccccc3O4)cccc21. The number of ether oxygens (including phenoxy) is 3. The van der Waals surface area contributed by atoms with Gasteiger partial charge in [0, 0.05) is 22.2 Å². The highest BCUT2D eigenvalue weighted by molar-refractivity contribution is 5.87. The third-order valence-corrected chi connectivity index (χ3v) is 8.39. The molecule has 4 heteroatoms. The summed E-state index contributed by atoms with van der Waals surface area (Å²) in [6.45, 7) is 4.52. The van der Waals surface area contributed by atoms with Crippen molar-refractivity contribution in [2.75, 3.05) is 4.90 Å². The topological polar surface area (TPSA) is 30.9 Å². The molecule has 0 N–H and O–H groups in total. The summed E-state index contributed by atoms with van der Waals surface area (Å²) in [5.41, 5.74) is 7.11. The highest BCUT2D eigenvalue weighted by Crippen LogP contribution is 2.57. The van der Waals surface area contributed by atoms with E-state index in [1.54, 1.807) is 0 Å². The van der Waals surface area contributed by atoms with Gasteiger partial charge in [-0.05, 0) is 59.7 Å². The molecule has 8 rings (SSSR count). The van der Waals surface area contributed by atoms with Crippen LogP contribution in [0.25, 0.3) is 11.1 Å². The molecule has 43 heavy (non-hydrogen) atoms. The fourth-order valence-electron chi connectivity index (χ4n) is 6.18. The zero-order chi connectivity index (χ0) is 29.0. The molecule has 2 aliphatic rings. The number of hydrogen-bond donors (Lipinski definition) is 0. The van der Waals surface area contributed by atoms with E-state index in [4.69, 9.17) is 14.2 Å². The van der Waals surface area contributed by atoms with E-state index in [2.05, 4.69) is 104 Å². The van der Waals surface area contributed by atoms with Gasteiger partial charge in [0.25, 0.3) is 0 Å². The highest BCUT2D eigenvalue weighted by atomic mass is 16.6. The monoisotopic (exact) mass is 559 g/mol. The third kappa shape index (κ3) is 4.14. The Kier molecular flexibility index (Phi) is 5.76. The smallest absolute Gasteiger partial charge is 0.194 e. The molecule has 0 saturated carbocycles. The van der Waals surface area contributed by atoms with Gasteiger partial charge in [-0.1, -0.05) is 105 Å². The molecule has 2 heterocycles. The average Bonchev–Trinajstić information content (AvgIpc) is 3.05. The Morgan fingerprint density at radius 3 is 1.72 bits per heavy atom. The maximum Gasteiger partial charge on any atom is 0.194 e. The summed E-state index contributed by atoms with van der Waals surface area (Å²) in [7, 11) is 0. The number of benzene rings is 6. The number of anilines is 3. The maximum atomic E-state index is 6.75. The molecule has 0 aromatic heterocycles. The average molecular weight is 560 g/mol. The van der Waals surface area contributed by atoms with Gasteiger partial charge in [-0.25, -0.2) is 0 Å². The quantitative estimate of drug-likeness (QED) is 0.215. The Hall–Kier alpha value is -5.48. The molecule has 4 nitrogen and oxygen atoms in total. The van der Waals surface area contributed by atoms with Crippen LogP contribution in [0.15, 0.2) is 140 Å². The van der Waals surface area contributed by atoms with Crippen molar-refractivity contribution in [3.8, 4) is 45.6 Å². The van der Waals surface area contributed by atoms with Gasteiger partial charge in [0.05, 0.1) is 11.4 Å². The predicted molar refractivity (Wildman–Crippen MR) is 172 cm³/mol. The first-order chi connectivity index (χ1) is 21.1. The lowest BCUT2D eigenvalue weighted by molar-refractivity contribution is 0.360. The molecule has 0 unspecified atom stereocenters. The summed E-state index contributed by atoms with van der Waals surface area (Å²) in [5, 5.41) is 0. The number of fused-ring (bicyclic) bond motifs is 4. The lowest BCUT2D eigenvalue weighted by Gasteiger charge is -2.38. The third-order valence-electron chi connectivity index (χ3n) is 8.39. The number of para-hydroxylation sites is 5. The van der Waals surface area contributed by atoms with Gasteiger partial charge in [-0.15, -0.1) is 0 Å². The second-order valence-corrected chi connectivity index (χ2v) is 11.4. The van der Waals surface area contributed by atoms with E-state index in [0.29, 0.717) is 23.0 Å². The zero-order valence-electron chi connectivity index (χ0n) is 24.0. The minimum atomic E-state index is -0.252. The summed E-state index contributed by atoms with van der Waals surface area (Å²) >= 11 is 0. The summed E-state index contributed by atoms with van der Waals surface area (Å²) in [6, 6.07) is 47.5. The molecule has 0 saturated heterocycles. The summed E-state index contributed by atoms with van der Waals surface area (Å²) in [4.78, 5) is 2.22. The molecule has 0 spiro atoms. The van der Waals surface area contributed by atoms with Gasteiger partial charge in [-0.2, -0.15) is 0 Å². The second kappa shape index (κ2) is 9.81. The Morgan fingerprint density at radius 1 is 0.419 bits per heavy atom. The van der Waals surface area contributed by atoms with Crippen LogP contribution in [0.2, 0.25) is 0 Å². The lowest BCUT2D eigenvalue weighted by atomic mass is 9.75. The minimum absolute atomic E-state index is 0.252. The van der Waals surface area contributed by atoms with E-state index in [1.807, 2.05) is 54.6 Å². The van der Waals surface area contributed by atoms with Crippen LogP contribution < -0.4 is 19.1 Å². The molecule has 0 aliphatic carbocycles. The van der Waals surface area contributed by atoms with Crippen molar-refractivity contribution >= 4 is 17.1 Å². The van der Waals surface area contributed by atoms with Crippen molar-refractivity contribution in [3.05, 3.63) is 151 Å². The van der Waals surface area contributed by atoms with Crippen LogP contribution in [0.1, 0.15) is 25.0 Å². The lowest BCUT2D eigenvalue weighted by Crippen LogP contribution is -2.25. The van der Waals surface area contributed by atoms with Crippen LogP contribution in [-0.4, -0.2) is 0 Å². The molecule has 6 aromatic carbocycles. The van der Waals surface area contributed by atoms with Crippen molar-refractivity contribution in [1.82, 2.24) is 0 Å². The van der Waals surface area contributed by atoms with E-state index in [1.165, 1.54) is 11.1 Å². The number of hydrogen-bond acceptors (Lipinski definition) is 4. The summed E-state index contributed by atoms with van der Waals surface area (Å²) in [6.07, 6.45) is 0. The fraction of sp³-hybridized carbons (Fsp3) is 0.0769. The normalized spacial score (nSPS) is 13.6. The largest absolute Gasteiger partial charge is 0.455 e. The fourth-order valence-corrected chi connectivity index (χ4v) is 6.18. The van der Waals surface area contributed by atoms with Crippen molar-refractivity contribution in [3.63, 3.8) is 0 Å². The van der Waals surface area contributed by atoms with Crippen LogP contribution in [0.5, 0.6) is 34.5 Å². The molecule has 208 valence electrons. The van der Waals surface area contributed by atoms with Gasteiger partial charge in [0.15, 0.2) is 28.7 Å². The number of nitrogens with zero attached hydrogens (tertiary/aromatic N) is 1. The van der Waals surface area contributed by atoms with Crippen molar-refractivity contribution < 1.29 is 14.2 Å². The highest BCUT2D eigenvalue weighted by Gasteiger charge is 2.37. The summed E-state index contributed by atoms with van der Waals surface area (Å²) in [5.74, 6) is 4.40. The van der Waals surface area contributed by atoms with Gasteiger partial charge >= 0.3 is 0 Å². The molecular formula is C39H29NO3. The zero-order valence-corrected chi connectivity index (χ0v) is 24.0. The first-order valence-electron chi connectivity index (χ1n) is 14.5. The van der Waals surface area contributed by atoms with Gasteiger partial charge < -0.3 is 19.1 Å². The van der Waals surface area contributed by atoms with E-state index in [9.17, 15) is 0 Å². The van der Waals surface area contributed by atoms with Gasteiger partial charge in [0.2, 0.25) is 0 Å². The summed E-state index contributed by atoms with van der Waals surface area (Å²) < 4.78 is 19.6. The van der Waals surface area contributed by atoms with Crippen molar-refractivity contribution in [2.45, 2.75) is 19.3 Å². The minimum Gasteiger partial charge on any atom is -0.455 e. The molecule has 0 radical (unpaired) electrons. The van der Waals surface area contributed by atoms with Crippen molar-refractivity contribution in [2.24, 2.45) is 0 Å². The van der Waals surface area contributed by atoms with Crippen LogP contribution in [0, 0.1) is 0 Å². The molecule has 0 fully saturated rings. The molecule has 0 atom stereocenters. The molecule has 6 aromatic rings. The standard InChI is InChI=1S/C39H29NO3/c1-39(2)29-14-6-7-18-33(29)42-37-30(39)15-10-16-31(37)40(28-24-22-27(23-25-28)26-12-4-3-5-13-26)32-17-11-21-36-38(32)43-35-20-9-8-19-34(35)41-36/h3-25H,1-2H3. The molecular weight excluding hydrogens is 530 g/mol. The van der Waals surface area contributed by atoms with Gasteiger partial charge in [-0.3, -0.25) is 0 Å². The molecule has 0 bridgehead atoms. The molecule has 0 amide bonds. The van der Waals surface area contributed by atoms with Crippen LogP contribution in [0.3, 0.4) is 0 Å². The maximum absolute atomic E-state index is 6.75. The Bertz CT molecular complexity index is 1980. The predicted octanol–water partition coefficient (Wildman–Crippen LogP) is 11.2. The molecule has 2 aliphatic heterocycles. The second-order valence-electron chi connectivity index (χ2n) is 11.4. The van der Waals surface area contributed by atoms with E-state index in [-0.39, 0.29) is 5.41 Å². The first-order valence-corrected chi connectivity index (χ1v) is 14.5. The Morgan fingerprint density at radius 2 is 0.953 bits per heavy atom. The van der Waals surface area contributed by atoms with Crippen LogP contribution >= 0.6 is 0 Å². The van der Waals surface area contributed by atoms with E-state index < -0.39 is 0 Å². The Balaban J connectivity index is 1.33. The first kappa shape index (κ1) is 25.2.